The van der Waals surface area contributed by atoms with Crippen LogP contribution < -0.4 is 0 Å². The molecule has 0 bridgehead atoms. The standard InChI is InChI=1S/C22H23N3O3S2/c26-22(10-7-20-15-19(16-29-20)24-14-11-23-17-24)18-5-8-21(9-6-18)30(27,28)25-12-3-1-2-4-13-25/h5-11,14-17H,1-4,12-13H2/b10-7+. The second-order valence-corrected chi connectivity index (χ2v) is 10.1. The Labute approximate surface area is 180 Å². The van der Waals surface area contributed by atoms with E-state index in [9.17, 15) is 13.2 Å². The van der Waals surface area contributed by atoms with Gasteiger partial charge in [-0.3, -0.25) is 4.79 Å². The molecule has 0 radical (unpaired) electrons. The van der Waals surface area contributed by atoms with Crippen LogP contribution in [0.15, 0.2) is 65.4 Å². The molecule has 1 fully saturated rings. The van der Waals surface area contributed by atoms with Gasteiger partial charge in [0.15, 0.2) is 5.78 Å². The first-order valence-electron chi connectivity index (χ1n) is 9.93. The van der Waals surface area contributed by atoms with Crippen LogP contribution in [0.3, 0.4) is 0 Å². The number of allylic oxidation sites excluding steroid dienone is 1. The number of ketones is 1. The minimum absolute atomic E-state index is 0.161. The molecule has 0 unspecified atom stereocenters. The maximum Gasteiger partial charge on any atom is 0.243 e. The number of hydrogen-bond acceptors (Lipinski definition) is 5. The van der Waals surface area contributed by atoms with Crippen molar-refractivity contribution in [3.05, 3.63) is 70.9 Å². The maximum absolute atomic E-state index is 12.9. The van der Waals surface area contributed by atoms with Crippen LogP contribution in [0, 0.1) is 0 Å². The fraction of sp³-hybridized carbons (Fsp3) is 0.273. The second kappa shape index (κ2) is 9.07. The third kappa shape index (κ3) is 4.61. The van der Waals surface area contributed by atoms with Gasteiger partial charge >= 0.3 is 0 Å². The van der Waals surface area contributed by atoms with Gasteiger partial charge in [0.25, 0.3) is 0 Å². The van der Waals surface area contributed by atoms with Gasteiger partial charge in [0.1, 0.15) is 0 Å². The SMILES string of the molecule is O=C(/C=C/c1cc(-n2ccnc2)cs1)c1ccc(S(=O)(=O)N2CCCCCC2)cc1. The van der Waals surface area contributed by atoms with E-state index in [2.05, 4.69) is 4.98 Å². The monoisotopic (exact) mass is 441 g/mol. The third-order valence-corrected chi connectivity index (χ3v) is 7.95. The first-order valence-corrected chi connectivity index (χ1v) is 12.3. The van der Waals surface area contributed by atoms with Crippen molar-refractivity contribution in [3.8, 4) is 5.69 Å². The fourth-order valence-electron chi connectivity index (χ4n) is 3.45. The number of benzene rings is 1. The Bertz CT molecular complexity index is 1120. The topological polar surface area (TPSA) is 72.3 Å². The second-order valence-electron chi connectivity index (χ2n) is 7.22. The van der Waals surface area contributed by atoms with E-state index in [-0.39, 0.29) is 10.7 Å². The molecule has 0 atom stereocenters. The Morgan fingerprint density at radius 3 is 2.47 bits per heavy atom. The summed E-state index contributed by atoms with van der Waals surface area (Å²) in [6, 6.07) is 8.21. The quantitative estimate of drug-likeness (QED) is 0.420. The number of aromatic nitrogens is 2. The van der Waals surface area contributed by atoms with Crippen LogP contribution in [0.4, 0.5) is 0 Å². The van der Waals surface area contributed by atoms with Crippen molar-refractivity contribution >= 4 is 33.2 Å². The van der Waals surface area contributed by atoms with Gasteiger partial charge in [-0.05, 0) is 55.3 Å². The molecule has 3 heterocycles. The van der Waals surface area contributed by atoms with Gasteiger partial charge < -0.3 is 4.57 Å². The lowest BCUT2D eigenvalue weighted by molar-refractivity contribution is 0.104. The number of nitrogens with zero attached hydrogens (tertiary/aromatic N) is 3. The molecule has 4 rings (SSSR count). The summed E-state index contributed by atoms with van der Waals surface area (Å²) in [5.41, 5.74) is 1.46. The van der Waals surface area contributed by atoms with Crippen LogP contribution in [0.2, 0.25) is 0 Å². The van der Waals surface area contributed by atoms with Gasteiger partial charge in [0, 0.05) is 41.3 Å². The predicted octanol–water partition coefficient (Wildman–Crippen LogP) is 4.39. The molecule has 0 saturated carbocycles. The zero-order chi connectivity index (χ0) is 21.0. The first kappa shape index (κ1) is 20.7. The van der Waals surface area contributed by atoms with Crippen LogP contribution in [0.1, 0.15) is 40.9 Å². The van der Waals surface area contributed by atoms with Crippen LogP contribution >= 0.6 is 11.3 Å². The van der Waals surface area contributed by atoms with Crippen molar-refractivity contribution in [2.45, 2.75) is 30.6 Å². The molecule has 1 aliphatic rings. The zero-order valence-corrected chi connectivity index (χ0v) is 18.1. The average Bonchev–Trinajstić information content (AvgIpc) is 3.38. The van der Waals surface area contributed by atoms with E-state index in [1.165, 1.54) is 29.5 Å². The molecule has 6 nitrogen and oxygen atoms in total. The predicted molar refractivity (Wildman–Crippen MR) is 118 cm³/mol. The van der Waals surface area contributed by atoms with Crippen LogP contribution in [0.25, 0.3) is 11.8 Å². The molecule has 1 aromatic carbocycles. The van der Waals surface area contributed by atoms with Crippen LogP contribution in [0.5, 0.6) is 0 Å². The molecule has 1 aliphatic heterocycles. The number of rotatable bonds is 6. The van der Waals surface area contributed by atoms with Crippen LogP contribution in [-0.4, -0.2) is 41.1 Å². The number of sulfonamides is 1. The van der Waals surface area contributed by atoms with Crippen molar-refractivity contribution in [2.24, 2.45) is 0 Å². The Morgan fingerprint density at radius 1 is 1.07 bits per heavy atom. The largest absolute Gasteiger partial charge is 0.305 e. The summed E-state index contributed by atoms with van der Waals surface area (Å²) < 4.78 is 29.2. The molecule has 0 N–H and O–H groups in total. The number of hydrogen-bond donors (Lipinski definition) is 0. The molecule has 156 valence electrons. The fourth-order valence-corrected chi connectivity index (χ4v) is 5.75. The van der Waals surface area contributed by atoms with Crippen molar-refractivity contribution in [3.63, 3.8) is 0 Å². The average molecular weight is 442 g/mol. The smallest absolute Gasteiger partial charge is 0.243 e. The molecule has 0 aliphatic carbocycles. The number of carbonyl (C=O) groups is 1. The van der Waals surface area contributed by atoms with E-state index < -0.39 is 10.0 Å². The van der Waals surface area contributed by atoms with Crippen molar-refractivity contribution in [2.75, 3.05) is 13.1 Å². The maximum atomic E-state index is 12.9. The Morgan fingerprint density at radius 2 is 1.80 bits per heavy atom. The zero-order valence-electron chi connectivity index (χ0n) is 16.5. The summed E-state index contributed by atoms with van der Waals surface area (Å²) in [5.74, 6) is -0.161. The summed E-state index contributed by atoms with van der Waals surface area (Å²) >= 11 is 1.54. The van der Waals surface area contributed by atoms with E-state index in [0.717, 1.165) is 36.2 Å². The molecule has 1 saturated heterocycles. The Hall–Kier alpha value is -2.55. The minimum atomic E-state index is -3.50. The lowest BCUT2D eigenvalue weighted by Crippen LogP contribution is -2.31. The molecule has 3 aromatic rings. The van der Waals surface area contributed by atoms with E-state index in [1.807, 2.05) is 22.2 Å². The number of imidazole rings is 1. The summed E-state index contributed by atoms with van der Waals surface area (Å²) in [7, 11) is -3.50. The molecule has 2 aromatic heterocycles. The lowest BCUT2D eigenvalue weighted by atomic mass is 10.1. The highest BCUT2D eigenvalue weighted by Crippen LogP contribution is 2.22. The summed E-state index contributed by atoms with van der Waals surface area (Å²) in [5, 5.41) is 1.99. The molecular formula is C22H23N3O3S2. The van der Waals surface area contributed by atoms with Crippen molar-refractivity contribution < 1.29 is 13.2 Å². The minimum Gasteiger partial charge on any atom is -0.305 e. The van der Waals surface area contributed by atoms with Gasteiger partial charge in [0.2, 0.25) is 10.0 Å². The number of thiophene rings is 1. The molecule has 8 heteroatoms. The molecule has 30 heavy (non-hydrogen) atoms. The van der Waals surface area contributed by atoms with E-state index in [1.54, 1.807) is 35.0 Å². The van der Waals surface area contributed by atoms with Gasteiger partial charge in [-0.25, -0.2) is 13.4 Å². The summed E-state index contributed by atoms with van der Waals surface area (Å²) in [6.07, 6.45) is 12.5. The van der Waals surface area contributed by atoms with Crippen LogP contribution in [-0.2, 0) is 10.0 Å². The summed E-state index contributed by atoms with van der Waals surface area (Å²) in [4.78, 5) is 17.7. The Balaban J connectivity index is 1.44. The highest BCUT2D eigenvalue weighted by molar-refractivity contribution is 7.89. The number of carbonyl (C=O) groups excluding carboxylic acids is 1. The van der Waals surface area contributed by atoms with Crippen molar-refractivity contribution in [1.82, 2.24) is 13.9 Å². The molecule has 0 spiro atoms. The highest BCUT2D eigenvalue weighted by Gasteiger charge is 2.25. The first-order chi connectivity index (χ1) is 14.5. The van der Waals surface area contributed by atoms with E-state index in [0.29, 0.717) is 18.7 Å². The Kier molecular flexibility index (Phi) is 6.26. The molecule has 0 amide bonds. The third-order valence-electron chi connectivity index (χ3n) is 5.15. The van der Waals surface area contributed by atoms with Gasteiger partial charge in [-0.15, -0.1) is 11.3 Å². The molecular weight excluding hydrogens is 418 g/mol. The van der Waals surface area contributed by atoms with E-state index >= 15 is 0 Å². The lowest BCUT2D eigenvalue weighted by Gasteiger charge is -2.19. The van der Waals surface area contributed by atoms with Gasteiger partial charge in [-0.2, -0.15) is 4.31 Å². The van der Waals surface area contributed by atoms with Gasteiger partial charge in [-0.1, -0.05) is 12.8 Å². The normalized spacial score (nSPS) is 16.0. The van der Waals surface area contributed by atoms with Crippen molar-refractivity contribution in [1.29, 1.82) is 0 Å². The highest BCUT2D eigenvalue weighted by atomic mass is 32.2. The summed E-state index contributed by atoms with van der Waals surface area (Å²) in [6.45, 7) is 1.13. The van der Waals surface area contributed by atoms with E-state index in [4.69, 9.17) is 0 Å². The van der Waals surface area contributed by atoms with Gasteiger partial charge in [0.05, 0.1) is 16.9 Å².